The molecule has 0 fully saturated rings. The lowest BCUT2D eigenvalue weighted by molar-refractivity contribution is 0.475. The van der Waals surface area contributed by atoms with Crippen LogP contribution in [0.4, 0.5) is 11.4 Å². The lowest BCUT2D eigenvalue weighted by Gasteiger charge is -2.08. The van der Waals surface area contributed by atoms with Gasteiger partial charge in [0.05, 0.1) is 16.9 Å². The number of aliphatic imine (C=N–C) groups is 2. The summed E-state index contributed by atoms with van der Waals surface area (Å²) in [6.07, 6.45) is 5.57. The fraction of sp³-hybridized carbons (Fsp3) is 0.179. The van der Waals surface area contributed by atoms with Gasteiger partial charge in [-0.2, -0.15) is 0 Å². The number of nitrogens with zero attached hydrogens (tertiary/aromatic N) is 4. The molecule has 0 saturated heterocycles. The Morgan fingerprint density at radius 2 is 1.13 bits per heavy atom. The molecule has 0 amide bonds. The average molecular weight is 593 g/mol. The van der Waals surface area contributed by atoms with Crippen LogP contribution in [0.5, 0.6) is 11.5 Å². The highest BCUT2D eigenvalue weighted by Gasteiger charge is 2.15. The van der Waals surface area contributed by atoms with Crippen molar-refractivity contribution in [3.63, 3.8) is 0 Å². The fourth-order valence-electron chi connectivity index (χ4n) is 6.36. The molecule has 0 spiro atoms. The summed E-state index contributed by atoms with van der Waals surface area (Å²) in [6.45, 7) is 7.29. The molecule has 224 valence electrons. The highest BCUT2D eigenvalue weighted by molar-refractivity contribution is 6.11. The van der Waals surface area contributed by atoms with E-state index in [2.05, 4.69) is 66.3 Å². The van der Waals surface area contributed by atoms with E-state index in [0.29, 0.717) is 22.5 Å². The van der Waals surface area contributed by atoms with Crippen molar-refractivity contribution in [1.29, 1.82) is 0 Å². The zero-order valence-electron chi connectivity index (χ0n) is 26.0. The second kappa shape index (κ2) is 11.3. The molecule has 0 saturated carbocycles. The Bertz CT molecular complexity index is 2320. The van der Waals surface area contributed by atoms with Crippen LogP contribution in [0.3, 0.4) is 0 Å². The van der Waals surface area contributed by atoms with Crippen molar-refractivity contribution in [2.24, 2.45) is 17.0 Å². The van der Waals surface area contributed by atoms with Gasteiger partial charge < -0.3 is 19.3 Å². The Labute approximate surface area is 262 Å². The predicted octanol–water partition coefficient (Wildman–Crippen LogP) is 9.77. The van der Waals surface area contributed by atoms with Crippen LogP contribution in [0.1, 0.15) is 42.0 Å². The first kappa shape index (κ1) is 28.4. The van der Waals surface area contributed by atoms with Gasteiger partial charge >= 0.3 is 0 Å². The van der Waals surface area contributed by atoms with E-state index >= 15 is 0 Å². The van der Waals surface area contributed by atoms with Crippen LogP contribution in [0.25, 0.3) is 43.6 Å². The minimum atomic E-state index is 0.174. The normalized spacial score (nSPS) is 12.3. The van der Waals surface area contributed by atoms with Gasteiger partial charge in [0.2, 0.25) is 0 Å². The van der Waals surface area contributed by atoms with Gasteiger partial charge in [-0.05, 0) is 80.9 Å². The van der Waals surface area contributed by atoms with Crippen molar-refractivity contribution in [2.75, 3.05) is 0 Å². The van der Waals surface area contributed by atoms with E-state index in [4.69, 9.17) is 9.98 Å². The van der Waals surface area contributed by atoms with Gasteiger partial charge in [-0.3, -0.25) is 9.98 Å². The third-order valence-corrected chi connectivity index (χ3v) is 8.78. The molecule has 2 N–H and O–H groups in total. The highest BCUT2D eigenvalue weighted by atomic mass is 16.3. The number of benzene rings is 5. The maximum absolute atomic E-state index is 11.1. The zero-order valence-corrected chi connectivity index (χ0v) is 26.0. The molecule has 6 heteroatoms. The Balaban J connectivity index is 1.25. The van der Waals surface area contributed by atoms with Crippen LogP contribution in [0.15, 0.2) is 94.9 Å². The van der Waals surface area contributed by atoms with Crippen LogP contribution in [-0.2, 0) is 13.6 Å². The quantitative estimate of drug-likeness (QED) is 0.181. The summed E-state index contributed by atoms with van der Waals surface area (Å²) in [5, 5.41) is 26.3. The molecular weight excluding hydrogens is 556 g/mol. The van der Waals surface area contributed by atoms with E-state index in [1.165, 1.54) is 16.6 Å². The van der Waals surface area contributed by atoms with Crippen molar-refractivity contribution in [1.82, 2.24) is 9.13 Å². The van der Waals surface area contributed by atoms with Gasteiger partial charge in [0, 0.05) is 75.2 Å². The molecule has 2 heterocycles. The van der Waals surface area contributed by atoms with Crippen LogP contribution in [0, 0.1) is 13.8 Å². The van der Waals surface area contributed by atoms with Crippen molar-refractivity contribution in [3.8, 4) is 11.5 Å². The number of phenols is 2. The maximum atomic E-state index is 11.1. The van der Waals surface area contributed by atoms with Crippen molar-refractivity contribution >= 4 is 67.4 Å². The van der Waals surface area contributed by atoms with Crippen LogP contribution >= 0.6 is 0 Å². The summed E-state index contributed by atoms with van der Waals surface area (Å²) >= 11 is 0. The number of aromatic hydroxyl groups is 2. The molecule has 0 aliphatic heterocycles. The molecule has 6 nitrogen and oxygen atoms in total. The Hall–Kier alpha value is -5.36. The second-order valence-corrected chi connectivity index (χ2v) is 12.0. The number of para-hydroxylation sites is 2. The number of hydrogen-bond acceptors (Lipinski definition) is 4. The lowest BCUT2D eigenvalue weighted by Crippen LogP contribution is -1.97. The van der Waals surface area contributed by atoms with Crippen LogP contribution in [0.2, 0.25) is 0 Å². The predicted molar refractivity (Wildman–Crippen MR) is 189 cm³/mol. The second-order valence-electron chi connectivity index (χ2n) is 12.0. The molecule has 5 aromatic carbocycles. The lowest BCUT2D eigenvalue weighted by atomic mass is 10.1. The molecule has 0 atom stereocenters. The van der Waals surface area contributed by atoms with E-state index in [-0.39, 0.29) is 11.5 Å². The smallest absolute Gasteiger partial charge is 0.125 e. The molecule has 45 heavy (non-hydrogen) atoms. The van der Waals surface area contributed by atoms with Crippen molar-refractivity contribution in [3.05, 3.63) is 107 Å². The first-order valence-electron chi connectivity index (χ1n) is 15.5. The topological polar surface area (TPSA) is 75.0 Å². The minimum absolute atomic E-state index is 0.174. The summed E-state index contributed by atoms with van der Waals surface area (Å²) in [7, 11) is 2.04. The summed E-state index contributed by atoms with van der Waals surface area (Å²) in [6, 6.07) is 28.2. The van der Waals surface area contributed by atoms with E-state index in [1.54, 1.807) is 12.4 Å². The largest absolute Gasteiger partial charge is 0.507 e. The zero-order chi connectivity index (χ0) is 31.2. The van der Waals surface area contributed by atoms with Gasteiger partial charge in [-0.1, -0.05) is 48.7 Å². The van der Waals surface area contributed by atoms with Gasteiger partial charge in [0.1, 0.15) is 11.5 Å². The molecule has 0 aliphatic rings. The van der Waals surface area contributed by atoms with Gasteiger partial charge in [0.25, 0.3) is 0 Å². The van der Waals surface area contributed by atoms with E-state index in [9.17, 15) is 10.2 Å². The third kappa shape index (κ3) is 5.02. The van der Waals surface area contributed by atoms with E-state index < -0.39 is 0 Å². The van der Waals surface area contributed by atoms with Gasteiger partial charge in [-0.15, -0.1) is 0 Å². The van der Waals surface area contributed by atoms with Gasteiger partial charge in [-0.25, -0.2) is 0 Å². The summed E-state index contributed by atoms with van der Waals surface area (Å²) in [4.78, 5) is 9.50. The number of fused-ring (bicyclic) bond motifs is 6. The molecule has 0 aliphatic carbocycles. The number of hydrogen-bond donors (Lipinski definition) is 2. The first-order chi connectivity index (χ1) is 21.8. The number of unbranched alkanes of at least 4 members (excludes halogenated alkanes) is 1. The van der Waals surface area contributed by atoms with E-state index in [1.807, 2.05) is 55.6 Å². The number of aromatic nitrogens is 2. The van der Waals surface area contributed by atoms with Crippen molar-refractivity contribution < 1.29 is 10.2 Å². The maximum Gasteiger partial charge on any atom is 0.125 e. The minimum Gasteiger partial charge on any atom is -0.507 e. The van der Waals surface area contributed by atoms with Crippen LogP contribution in [-0.4, -0.2) is 31.8 Å². The molecule has 0 bridgehead atoms. The summed E-state index contributed by atoms with van der Waals surface area (Å²) in [5.41, 5.74) is 9.38. The van der Waals surface area contributed by atoms with Crippen LogP contribution < -0.4 is 0 Å². The van der Waals surface area contributed by atoms with Gasteiger partial charge in [0.15, 0.2) is 0 Å². The fourth-order valence-corrected chi connectivity index (χ4v) is 6.36. The number of aryl methyl sites for hydroxylation is 4. The molecule has 7 aromatic rings. The molecule has 0 radical (unpaired) electrons. The van der Waals surface area contributed by atoms with Crippen molar-refractivity contribution in [2.45, 2.75) is 40.2 Å². The summed E-state index contributed by atoms with van der Waals surface area (Å²) < 4.78 is 4.49. The van der Waals surface area contributed by atoms with E-state index in [0.717, 1.165) is 57.5 Å². The Morgan fingerprint density at radius 3 is 1.73 bits per heavy atom. The molecule has 0 unspecified atom stereocenters. The average Bonchev–Trinajstić information content (AvgIpc) is 3.47. The standard InChI is InChI=1S/C39H36N4O2/c1-5-6-15-43-35-14-12-25(3)17-29(35)31-21-39(45)27(19-37(31)43)23-41-33-10-8-7-9-32(33)40-22-26-18-36-30(20-38(26)44)28-16-24(2)11-13-34(28)42(36)4/h7-14,16-23,44-45H,5-6,15H2,1-4H3. The highest BCUT2D eigenvalue weighted by Crippen LogP contribution is 2.36. The molecule has 7 rings (SSSR count). The first-order valence-corrected chi connectivity index (χ1v) is 15.5. The summed E-state index contributed by atoms with van der Waals surface area (Å²) in [5.74, 6) is 0.361. The number of rotatable bonds is 7. The SMILES string of the molecule is CCCCn1c2ccc(C)cc2c2cc(O)c(C=Nc3ccccc3N=Cc3cc4c(cc3O)c3cc(C)ccc3n4C)cc21. The number of phenolic OH excluding ortho intramolecular Hbond substituents is 2. The monoisotopic (exact) mass is 592 g/mol. The molecular formula is C39H36N4O2. The molecule has 2 aromatic heterocycles. The Kier molecular flexibility index (Phi) is 7.13. The third-order valence-electron chi connectivity index (χ3n) is 8.78. The Morgan fingerprint density at radius 1 is 0.622 bits per heavy atom.